The number of nitrogens with zero attached hydrogens (tertiary/aromatic N) is 2. The molecule has 1 aliphatic carbocycles. The second-order valence-corrected chi connectivity index (χ2v) is 6.83. The van der Waals surface area contributed by atoms with Crippen molar-refractivity contribution in [2.45, 2.75) is 38.0 Å². The van der Waals surface area contributed by atoms with Gasteiger partial charge in [-0.1, -0.05) is 53.9 Å². The minimum atomic E-state index is 0.153. The van der Waals surface area contributed by atoms with Crippen LogP contribution in [0, 0.1) is 0 Å². The second-order valence-electron chi connectivity index (χ2n) is 5.98. The molecule has 1 saturated carbocycles. The molecule has 2 aromatic rings. The van der Waals surface area contributed by atoms with E-state index in [4.69, 9.17) is 10.8 Å². The summed E-state index contributed by atoms with van der Waals surface area (Å²) >= 11 is 3.64. The van der Waals surface area contributed by atoms with Crippen molar-refractivity contribution in [3.05, 3.63) is 34.4 Å². The fourth-order valence-electron chi connectivity index (χ4n) is 3.28. The van der Waals surface area contributed by atoms with Crippen molar-refractivity contribution in [1.29, 1.82) is 0 Å². The van der Waals surface area contributed by atoms with E-state index in [-0.39, 0.29) is 5.41 Å². The molecule has 3 rings (SSSR count). The average molecular weight is 334 g/mol. The molecule has 0 radical (unpaired) electrons. The van der Waals surface area contributed by atoms with Gasteiger partial charge in [-0.3, -0.25) is 4.68 Å². The van der Waals surface area contributed by atoms with Crippen molar-refractivity contribution >= 4 is 21.7 Å². The molecule has 4 heteroatoms. The molecular weight excluding hydrogens is 314 g/mol. The monoisotopic (exact) mass is 333 g/mol. The Morgan fingerprint density at radius 2 is 1.90 bits per heavy atom. The van der Waals surface area contributed by atoms with E-state index in [0.717, 1.165) is 27.1 Å². The van der Waals surface area contributed by atoms with Gasteiger partial charge < -0.3 is 5.73 Å². The summed E-state index contributed by atoms with van der Waals surface area (Å²) in [7, 11) is 1.93. The molecular formula is C16H20BrN3. The summed E-state index contributed by atoms with van der Waals surface area (Å²) in [6.45, 7) is 2.32. The molecule has 0 aliphatic heterocycles. The Hall–Kier alpha value is -1.29. The topological polar surface area (TPSA) is 43.8 Å². The van der Waals surface area contributed by atoms with Gasteiger partial charge in [-0.15, -0.1) is 0 Å². The number of aryl methyl sites for hydroxylation is 1. The summed E-state index contributed by atoms with van der Waals surface area (Å²) in [5.74, 6) is 0.750. The van der Waals surface area contributed by atoms with Crippen LogP contribution >= 0.6 is 15.9 Å². The van der Waals surface area contributed by atoms with Gasteiger partial charge in [0.25, 0.3) is 0 Å². The molecule has 3 nitrogen and oxygen atoms in total. The van der Waals surface area contributed by atoms with Gasteiger partial charge in [0.2, 0.25) is 0 Å². The Balaban J connectivity index is 2.23. The zero-order valence-electron chi connectivity index (χ0n) is 12.0. The summed E-state index contributed by atoms with van der Waals surface area (Å²) in [5.41, 5.74) is 9.86. The molecule has 106 valence electrons. The van der Waals surface area contributed by atoms with Gasteiger partial charge >= 0.3 is 0 Å². The standard InChI is InChI=1S/C16H20BrN3/c1-16(9-5-6-10-16)14-13(15(18)20(2)19-14)11-7-3-4-8-12(11)17/h3-4,7-8H,5-6,9-10,18H2,1-2H3. The molecule has 1 heterocycles. The molecule has 0 spiro atoms. The van der Waals surface area contributed by atoms with E-state index in [9.17, 15) is 0 Å². The van der Waals surface area contributed by atoms with Crippen LogP contribution < -0.4 is 5.73 Å². The van der Waals surface area contributed by atoms with Crippen molar-refractivity contribution in [2.75, 3.05) is 5.73 Å². The molecule has 20 heavy (non-hydrogen) atoms. The fourth-order valence-corrected chi connectivity index (χ4v) is 3.76. The Bertz CT molecular complexity index is 639. The van der Waals surface area contributed by atoms with E-state index in [2.05, 4.69) is 35.0 Å². The van der Waals surface area contributed by atoms with E-state index in [0.29, 0.717) is 0 Å². The third kappa shape index (κ3) is 2.06. The zero-order valence-corrected chi connectivity index (χ0v) is 13.6. The maximum Gasteiger partial charge on any atom is 0.129 e. The number of hydrogen-bond acceptors (Lipinski definition) is 2. The van der Waals surface area contributed by atoms with E-state index >= 15 is 0 Å². The largest absolute Gasteiger partial charge is 0.383 e. The van der Waals surface area contributed by atoms with Crippen LogP contribution in [0.2, 0.25) is 0 Å². The van der Waals surface area contributed by atoms with Gasteiger partial charge in [-0.25, -0.2) is 0 Å². The minimum Gasteiger partial charge on any atom is -0.383 e. The molecule has 1 aromatic carbocycles. The molecule has 1 fully saturated rings. The normalized spacial score (nSPS) is 17.6. The highest BCUT2D eigenvalue weighted by Crippen LogP contribution is 2.46. The first-order chi connectivity index (χ1) is 9.53. The summed E-state index contributed by atoms with van der Waals surface area (Å²) in [6, 6.07) is 8.24. The highest BCUT2D eigenvalue weighted by atomic mass is 79.9. The predicted octanol–water partition coefficient (Wildman–Crippen LogP) is 4.26. The van der Waals surface area contributed by atoms with E-state index in [1.54, 1.807) is 0 Å². The molecule has 1 aliphatic rings. The summed E-state index contributed by atoms with van der Waals surface area (Å²) in [6.07, 6.45) is 4.95. The lowest BCUT2D eigenvalue weighted by molar-refractivity contribution is 0.469. The summed E-state index contributed by atoms with van der Waals surface area (Å²) in [5, 5.41) is 4.75. The van der Waals surface area contributed by atoms with Crippen molar-refractivity contribution in [3.63, 3.8) is 0 Å². The Morgan fingerprint density at radius 1 is 1.25 bits per heavy atom. The van der Waals surface area contributed by atoms with Crippen molar-refractivity contribution < 1.29 is 0 Å². The number of halogens is 1. The van der Waals surface area contributed by atoms with Crippen molar-refractivity contribution in [3.8, 4) is 11.1 Å². The van der Waals surface area contributed by atoms with Crippen LogP contribution in [-0.4, -0.2) is 9.78 Å². The smallest absolute Gasteiger partial charge is 0.129 e. The van der Waals surface area contributed by atoms with E-state index in [1.807, 2.05) is 23.9 Å². The number of nitrogen functional groups attached to an aromatic ring is 1. The first kappa shape index (κ1) is 13.7. The van der Waals surface area contributed by atoms with Crippen molar-refractivity contribution in [1.82, 2.24) is 9.78 Å². The maximum absolute atomic E-state index is 6.31. The van der Waals surface area contributed by atoms with Crippen LogP contribution in [0.15, 0.2) is 28.7 Å². The molecule has 0 amide bonds. The van der Waals surface area contributed by atoms with Crippen LogP contribution in [0.3, 0.4) is 0 Å². The van der Waals surface area contributed by atoms with Gasteiger partial charge in [-0.05, 0) is 18.9 Å². The van der Waals surface area contributed by atoms with Crippen LogP contribution in [0.4, 0.5) is 5.82 Å². The zero-order chi connectivity index (χ0) is 14.3. The third-order valence-corrected chi connectivity index (χ3v) is 5.21. The lowest BCUT2D eigenvalue weighted by Crippen LogP contribution is -2.19. The minimum absolute atomic E-state index is 0.153. The first-order valence-corrected chi connectivity index (χ1v) is 7.90. The van der Waals surface area contributed by atoms with Gasteiger partial charge in [0.1, 0.15) is 5.82 Å². The van der Waals surface area contributed by atoms with E-state index in [1.165, 1.54) is 25.7 Å². The quantitative estimate of drug-likeness (QED) is 0.892. The van der Waals surface area contributed by atoms with Crippen LogP contribution in [0.25, 0.3) is 11.1 Å². The van der Waals surface area contributed by atoms with Gasteiger partial charge in [0.15, 0.2) is 0 Å². The summed E-state index contributed by atoms with van der Waals surface area (Å²) < 4.78 is 2.88. The number of rotatable bonds is 2. The molecule has 0 saturated heterocycles. The molecule has 0 atom stereocenters. The Kier molecular flexibility index (Phi) is 3.36. The van der Waals surface area contributed by atoms with Gasteiger partial charge in [-0.2, -0.15) is 5.10 Å². The molecule has 2 N–H and O–H groups in total. The van der Waals surface area contributed by atoms with Gasteiger partial charge in [0, 0.05) is 28.1 Å². The van der Waals surface area contributed by atoms with Crippen LogP contribution in [0.5, 0.6) is 0 Å². The van der Waals surface area contributed by atoms with Crippen molar-refractivity contribution in [2.24, 2.45) is 7.05 Å². The first-order valence-electron chi connectivity index (χ1n) is 7.11. The average Bonchev–Trinajstić information content (AvgIpc) is 2.98. The molecule has 0 bridgehead atoms. The molecule has 0 unspecified atom stereocenters. The second kappa shape index (κ2) is 4.92. The van der Waals surface area contributed by atoms with Crippen LogP contribution in [-0.2, 0) is 12.5 Å². The van der Waals surface area contributed by atoms with Crippen LogP contribution in [0.1, 0.15) is 38.3 Å². The SMILES string of the molecule is Cn1nc(C2(C)CCCC2)c(-c2ccccc2Br)c1N. The third-order valence-electron chi connectivity index (χ3n) is 4.51. The number of anilines is 1. The predicted molar refractivity (Wildman–Crippen MR) is 86.6 cm³/mol. The Morgan fingerprint density at radius 3 is 2.55 bits per heavy atom. The number of benzene rings is 1. The summed E-state index contributed by atoms with van der Waals surface area (Å²) in [4.78, 5) is 0. The lowest BCUT2D eigenvalue weighted by atomic mass is 9.81. The fraction of sp³-hybridized carbons (Fsp3) is 0.438. The highest BCUT2D eigenvalue weighted by Gasteiger charge is 2.36. The lowest BCUT2D eigenvalue weighted by Gasteiger charge is -2.23. The van der Waals surface area contributed by atoms with E-state index < -0.39 is 0 Å². The maximum atomic E-state index is 6.31. The number of aromatic nitrogens is 2. The highest BCUT2D eigenvalue weighted by molar-refractivity contribution is 9.10. The number of hydrogen-bond donors (Lipinski definition) is 1. The number of nitrogens with two attached hydrogens (primary N) is 1. The Labute approximate surface area is 128 Å². The van der Waals surface area contributed by atoms with Gasteiger partial charge in [0.05, 0.1) is 5.69 Å². The molecule has 1 aromatic heterocycles.